The molecular weight excluding hydrogens is 326 g/mol. The van der Waals surface area contributed by atoms with Crippen molar-refractivity contribution >= 4 is 22.7 Å². The Kier molecular flexibility index (Phi) is 3.98. The third-order valence-corrected chi connectivity index (χ3v) is 5.91. The lowest BCUT2D eigenvalue weighted by atomic mass is 9.96. The molecule has 4 rings (SSSR count). The Balaban J connectivity index is 1.47. The molecule has 6 heteroatoms. The Morgan fingerprint density at radius 1 is 1.29 bits per heavy atom. The van der Waals surface area contributed by atoms with E-state index in [-0.39, 0.29) is 12.1 Å². The van der Waals surface area contributed by atoms with Crippen molar-refractivity contribution in [3.8, 4) is 5.75 Å². The van der Waals surface area contributed by atoms with Crippen molar-refractivity contribution in [1.29, 1.82) is 0 Å². The van der Waals surface area contributed by atoms with Crippen molar-refractivity contribution in [1.82, 2.24) is 4.90 Å². The van der Waals surface area contributed by atoms with E-state index in [1.165, 1.54) is 10.6 Å². The predicted molar refractivity (Wildman–Crippen MR) is 94.1 cm³/mol. The SMILES string of the molecule is CC1=C(COc2ccc3oc(C)cc3c2)SCN1C1(CO)COC1. The quantitative estimate of drug-likeness (QED) is 0.897. The Labute approximate surface area is 145 Å². The van der Waals surface area contributed by atoms with Crippen LogP contribution in [0.1, 0.15) is 12.7 Å². The number of furan rings is 1. The first kappa shape index (κ1) is 15.9. The maximum absolute atomic E-state index is 9.72. The van der Waals surface area contributed by atoms with Crippen LogP contribution in [0.25, 0.3) is 11.0 Å². The number of rotatable bonds is 5. The summed E-state index contributed by atoms with van der Waals surface area (Å²) in [5.41, 5.74) is 1.82. The van der Waals surface area contributed by atoms with Crippen LogP contribution in [0.4, 0.5) is 0 Å². The molecule has 128 valence electrons. The Morgan fingerprint density at radius 2 is 2.12 bits per heavy atom. The highest BCUT2D eigenvalue weighted by Crippen LogP contribution is 2.40. The van der Waals surface area contributed by atoms with Gasteiger partial charge >= 0.3 is 0 Å². The van der Waals surface area contributed by atoms with Gasteiger partial charge in [0.25, 0.3) is 0 Å². The molecule has 1 aromatic heterocycles. The molecule has 5 nitrogen and oxygen atoms in total. The van der Waals surface area contributed by atoms with Crippen molar-refractivity contribution < 1.29 is 19.0 Å². The fourth-order valence-electron chi connectivity index (χ4n) is 3.20. The average molecular weight is 347 g/mol. The molecule has 2 aromatic rings. The minimum atomic E-state index is -0.244. The molecule has 3 heterocycles. The van der Waals surface area contributed by atoms with Crippen LogP contribution in [0.2, 0.25) is 0 Å². The van der Waals surface area contributed by atoms with Crippen LogP contribution in [0, 0.1) is 6.92 Å². The fraction of sp³-hybridized carbons (Fsp3) is 0.444. The summed E-state index contributed by atoms with van der Waals surface area (Å²) in [7, 11) is 0. The number of thioether (sulfide) groups is 1. The minimum Gasteiger partial charge on any atom is -0.488 e. The molecule has 0 amide bonds. The van der Waals surface area contributed by atoms with E-state index in [1.807, 2.05) is 31.2 Å². The van der Waals surface area contributed by atoms with E-state index >= 15 is 0 Å². The van der Waals surface area contributed by atoms with Crippen molar-refractivity contribution in [3.05, 3.63) is 40.6 Å². The second-order valence-electron chi connectivity index (χ2n) is 6.43. The van der Waals surface area contributed by atoms with Gasteiger partial charge in [0.15, 0.2) is 0 Å². The summed E-state index contributed by atoms with van der Waals surface area (Å²) < 4.78 is 16.9. The van der Waals surface area contributed by atoms with E-state index in [0.29, 0.717) is 19.8 Å². The van der Waals surface area contributed by atoms with Gasteiger partial charge < -0.3 is 23.9 Å². The monoisotopic (exact) mass is 347 g/mol. The zero-order valence-corrected chi connectivity index (χ0v) is 14.7. The van der Waals surface area contributed by atoms with Crippen LogP contribution in [0.15, 0.2) is 39.3 Å². The highest BCUT2D eigenvalue weighted by Gasteiger charge is 2.46. The summed E-state index contributed by atoms with van der Waals surface area (Å²) in [4.78, 5) is 3.46. The Hall–Kier alpha value is -1.63. The van der Waals surface area contributed by atoms with Crippen LogP contribution in [-0.2, 0) is 4.74 Å². The van der Waals surface area contributed by atoms with Crippen molar-refractivity contribution in [3.63, 3.8) is 0 Å². The zero-order valence-electron chi connectivity index (χ0n) is 13.9. The summed E-state index contributed by atoms with van der Waals surface area (Å²) in [5.74, 6) is 2.58. The lowest BCUT2D eigenvalue weighted by Gasteiger charge is -2.48. The Bertz CT molecular complexity index is 788. The number of aliphatic hydroxyl groups is 1. The van der Waals surface area contributed by atoms with Crippen molar-refractivity contribution in [2.75, 3.05) is 32.3 Å². The first-order valence-electron chi connectivity index (χ1n) is 8.03. The van der Waals surface area contributed by atoms with Gasteiger partial charge in [-0.05, 0) is 38.1 Å². The van der Waals surface area contributed by atoms with Gasteiger partial charge in [0, 0.05) is 16.0 Å². The first-order valence-corrected chi connectivity index (χ1v) is 9.02. The van der Waals surface area contributed by atoms with Crippen molar-refractivity contribution in [2.24, 2.45) is 0 Å². The molecule has 1 aromatic carbocycles. The van der Waals surface area contributed by atoms with E-state index in [1.54, 1.807) is 11.8 Å². The summed E-state index contributed by atoms with van der Waals surface area (Å²) in [6, 6.07) is 7.90. The molecule has 0 bridgehead atoms. The van der Waals surface area contributed by atoms with Crippen LogP contribution >= 0.6 is 11.8 Å². The smallest absolute Gasteiger partial charge is 0.134 e. The fourth-order valence-corrected chi connectivity index (χ4v) is 4.41. The number of hydrogen-bond acceptors (Lipinski definition) is 6. The molecule has 0 atom stereocenters. The van der Waals surface area contributed by atoms with E-state index in [9.17, 15) is 5.11 Å². The topological polar surface area (TPSA) is 55.1 Å². The number of aliphatic hydroxyl groups excluding tert-OH is 1. The number of nitrogens with zero attached hydrogens (tertiary/aromatic N) is 1. The number of fused-ring (bicyclic) bond motifs is 1. The lowest BCUT2D eigenvalue weighted by Crippen LogP contribution is -2.63. The molecule has 1 fully saturated rings. The zero-order chi connectivity index (χ0) is 16.7. The lowest BCUT2D eigenvalue weighted by molar-refractivity contribution is -0.143. The van der Waals surface area contributed by atoms with Crippen LogP contribution in [-0.4, -0.2) is 47.8 Å². The number of hydrogen-bond donors (Lipinski definition) is 1. The van der Waals surface area contributed by atoms with E-state index in [2.05, 4.69) is 11.8 Å². The van der Waals surface area contributed by atoms with Crippen LogP contribution < -0.4 is 4.74 Å². The van der Waals surface area contributed by atoms with Gasteiger partial charge in [0.1, 0.15) is 29.2 Å². The third-order valence-electron chi connectivity index (χ3n) is 4.77. The van der Waals surface area contributed by atoms with Crippen molar-refractivity contribution in [2.45, 2.75) is 19.4 Å². The largest absolute Gasteiger partial charge is 0.488 e. The third kappa shape index (κ3) is 2.59. The van der Waals surface area contributed by atoms with Gasteiger partial charge in [-0.3, -0.25) is 0 Å². The molecule has 0 spiro atoms. The summed E-state index contributed by atoms with van der Waals surface area (Å²) >= 11 is 1.77. The summed E-state index contributed by atoms with van der Waals surface area (Å²) in [6.07, 6.45) is 0. The molecule has 0 unspecified atom stereocenters. The molecular formula is C18H21NO4S. The van der Waals surface area contributed by atoms with Gasteiger partial charge in [-0.2, -0.15) is 0 Å². The molecule has 0 radical (unpaired) electrons. The second-order valence-corrected chi connectivity index (χ2v) is 7.47. The highest BCUT2D eigenvalue weighted by atomic mass is 32.2. The summed E-state index contributed by atoms with van der Waals surface area (Å²) in [6.45, 7) is 5.88. The molecule has 1 saturated heterocycles. The minimum absolute atomic E-state index is 0.121. The molecule has 24 heavy (non-hydrogen) atoms. The van der Waals surface area contributed by atoms with Gasteiger partial charge in [-0.25, -0.2) is 0 Å². The van der Waals surface area contributed by atoms with Crippen LogP contribution in [0.3, 0.4) is 0 Å². The average Bonchev–Trinajstić information content (AvgIpc) is 3.07. The standard InChI is InChI=1S/C18H21NO4S/c1-12-5-14-6-15(3-4-16(14)23-12)22-7-17-13(2)19(11-24-17)18(8-20)9-21-10-18/h3-6,20H,7-11H2,1-2H3. The van der Waals surface area contributed by atoms with Crippen LogP contribution in [0.5, 0.6) is 5.75 Å². The van der Waals surface area contributed by atoms with Gasteiger partial charge in [0.2, 0.25) is 0 Å². The molecule has 0 aliphatic carbocycles. The molecule has 2 aliphatic heterocycles. The summed E-state index contributed by atoms with van der Waals surface area (Å²) in [5, 5.41) is 10.8. The number of aryl methyl sites for hydroxylation is 1. The van der Waals surface area contributed by atoms with Gasteiger partial charge in [0.05, 0.1) is 25.7 Å². The molecule has 1 N–H and O–H groups in total. The maximum atomic E-state index is 9.72. The maximum Gasteiger partial charge on any atom is 0.134 e. The molecule has 2 aliphatic rings. The number of allylic oxidation sites excluding steroid dienone is 1. The first-order chi connectivity index (χ1) is 11.6. The van der Waals surface area contributed by atoms with E-state index in [4.69, 9.17) is 13.9 Å². The Morgan fingerprint density at radius 3 is 2.83 bits per heavy atom. The van der Waals surface area contributed by atoms with Gasteiger partial charge in [-0.15, -0.1) is 11.8 Å². The van der Waals surface area contributed by atoms with Gasteiger partial charge in [-0.1, -0.05) is 0 Å². The highest BCUT2D eigenvalue weighted by molar-refractivity contribution is 8.03. The van der Waals surface area contributed by atoms with E-state index < -0.39 is 0 Å². The van der Waals surface area contributed by atoms with E-state index in [0.717, 1.165) is 28.4 Å². The number of benzene rings is 1. The predicted octanol–water partition coefficient (Wildman–Crippen LogP) is 3.12. The molecule has 0 saturated carbocycles. The number of ether oxygens (including phenoxy) is 2. The normalized spacial score (nSPS) is 19.9. The second kappa shape index (κ2) is 6.02.